The van der Waals surface area contributed by atoms with Crippen molar-refractivity contribution < 1.29 is 18.3 Å². The molecule has 0 unspecified atom stereocenters. The van der Waals surface area contributed by atoms with Crippen LogP contribution in [0.1, 0.15) is 12.0 Å². The molecule has 6 nitrogen and oxygen atoms in total. The summed E-state index contributed by atoms with van der Waals surface area (Å²) in [6, 6.07) is 16.4. The summed E-state index contributed by atoms with van der Waals surface area (Å²) in [5.41, 5.74) is 2.48. The van der Waals surface area contributed by atoms with Gasteiger partial charge in [-0.2, -0.15) is 8.78 Å². The van der Waals surface area contributed by atoms with Gasteiger partial charge in [-0.1, -0.05) is 30.3 Å². The number of fused-ring (bicyclic) bond motifs is 1. The first kappa shape index (κ1) is 18.8. The Kier molecular flexibility index (Phi) is 5.60. The van der Waals surface area contributed by atoms with Crippen molar-refractivity contribution in [2.75, 3.05) is 6.61 Å². The Morgan fingerprint density at radius 1 is 0.931 bits per heavy atom. The minimum Gasteiger partial charge on any atom is -0.477 e. The molecule has 2 aromatic heterocycles. The highest BCUT2D eigenvalue weighted by molar-refractivity contribution is 5.61. The number of aromatic nitrogens is 4. The molecule has 0 N–H and O–H groups in total. The van der Waals surface area contributed by atoms with Gasteiger partial charge < -0.3 is 9.47 Å². The lowest BCUT2D eigenvalue weighted by Gasteiger charge is -2.10. The predicted molar refractivity (Wildman–Crippen MR) is 103 cm³/mol. The maximum atomic E-state index is 12.3. The Hall–Kier alpha value is -3.55. The molecule has 8 heteroatoms. The van der Waals surface area contributed by atoms with Gasteiger partial charge in [-0.15, -0.1) is 10.2 Å². The smallest absolute Gasteiger partial charge is 0.387 e. The minimum absolute atomic E-state index is 0.0802. The second kappa shape index (κ2) is 8.64. The van der Waals surface area contributed by atoms with Crippen LogP contribution in [0.25, 0.3) is 17.0 Å². The molecule has 29 heavy (non-hydrogen) atoms. The lowest BCUT2D eigenvalue weighted by Crippen LogP contribution is -2.05. The van der Waals surface area contributed by atoms with Crippen molar-refractivity contribution in [3.63, 3.8) is 0 Å². The van der Waals surface area contributed by atoms with E-state index in [0.29, 0.717) is 29.5 Å². The van der Waals surface area contributed by atoms with Gasteiger partial charge in [0.1, 0.15) is 5.75 Å². The molecule has 2 aromatic carbocycles. The minimum atomic E-state index is -2.86. The fraction of sp³-hybridized carbons (Fsp3) is 0.190. The molecule has 0 amide bonds. The van der Waals surface area contributed by atoms with Gasteiger partial charge >= 0.3 is 6.61 Å². The van der Waals surface area contributed by atoms with E-state index in [0.717, 1.165) is 12.8 Å². The zero-order chi connectivity index (χ0) is 20.1. The van der Waals surface area contributed by atoms with E-state index >= 15 is 0 Å². The van der Waals surface area contributed by atoms with Crippen molar-refractivity contribution in [2.45, 2.75) is 19.5 Å². The van der Waals surface area contributed by atoms with E-state index in [1.807, 2.05) is 18.2 Å². The Balaban J connectivity index is 1.51. The first-order chi connectivity index (χ1) is 14.2. The third-order valence-electron chi connectivity index (χ3n) is 4.32. The van der Waals surface area contributed by atoms with E-state index in [9.17, 15) is 8.78 Å². The molecule has 0 radical (unpaired) electrons. The second-order valence-electron chi connectivity index (χ2n) is 6.30. The van der Waals surface area contributed by atoms with Crippen LogP contribution in [0, 0.1) is 0 Å². The molecule has 0 aliphatic heterocycles. The molecule has 4 aromatic rings. The quantitative estimate of drug-likeness (QED) is 0.413. The number of hydrogen-bond donors (Lipinski definition) is 0. The van der Waals surface area contributed by atoms with E-state index in [4.69, 9.17) is 4.74 Å². The Bertz CT molecular complexity index is 1070. The molecule has 4 rings (SSSR count). The number of alkyl halides is 2. The van der Waals surface area contributed by atoms with Crippen LogP contribution in [0.15, 0.2) is 67.0 Å². The first-order valence-corrected chi connectivity index (χ1v) is 9.12. The molecule has 0 spiro atoms. The molecule has 0 bridgehead atoms. The third-order valence-corrected chi connectivity index (χ3v) is 4.32. The van der Waals surface area contributed by atoms with E-state index < -0.39 is 6.61 Å². The average molecular weight is 396 g/mol. The zero-order valence-corrected chi connectivity index (χ0v) is 15.4. The standard InChI is InChI=1S/C21H18F2N4O2/c22-21(23)29-17-10-8-16(9-11-17)20-26-25-18-13-24-14-19(27(18)20)28-12-4-7-15-5-2-1-3-6-15/h1-3,5-6,8-11,13-14,21H,4,7,12H2. The highest BCUT2D eigenvalue weighted by Gasteiger charge is 2.13. The Morgan fingerprint density at radius 3 is 2.48 bits per heavy atom. The molecule has 0 saturated carbocycles. The van der Waals surface area contributed by atoms with Crippen LogP contribution in [0.3, 0.4) is 0 Å². The fourth-order valence-corrected chi connectivity index (χ4v) is 2.99. The van der Waals surface area contributed by atoms with Crippen molar-refractivity contribution in [1.82, 2.24) is 19.6 Å². The number of ether oxygens (including phenoxy) is 2. The van der Waals surface area contributed by atoms with Crippen molar-refractivity contribution in [3.8, 4) is 23.0 Å². The van der Waals surface area contributed by atoms with Gasteiger partial charge in [0.15, 0.2) is 11.5 Å². The van der Waals surface area contributed by atoms with Crippen LogP contribution in [0.5, 0.6) is 11.6 Å². The van der Waals surface area contributed by atoms with Crippen LogP contribution >= 0.6 is 0 Å². The molecule has 0 saturated heterocycles. The summed E-state index contributed by atoms with van der Waals surface area (Å²) in [6.45, 7) is -2.36. The summed E-state index contributed by atoms with van der Waals surface area (Å²) in [4.78, 5) is 4.15. The molecule has 0 aliphatic rings. The van der Waals surface area contributed by atoms with E-state index in [-0.39, 0.29) is 5.75 Å². The lowest BCUT2D eigenvalue weighted by molar-refractivity contribution is -0.0498. The maximum absolute atomic E-state index is 12.3. The van der Waals surface area contributed by atoms with Crippen LogP contribution in [0.2, 0.25) is 0 Å². The van der Waals surface area contributed by atoms with Gasteiger partial charge in [0.2, 0.25) is 5.88 Å². The fourth-order valence-electron chi connectivity index (χ4n) is 2.99. The van der Waals surface area contributed by atoms with Gasteiger partial charge in [0.25, 0.3) is 0 Å². The number of halogens is 2. The predicted octanol–water partition coefficient (Wildman–Crippen LogP) is 4.40. The SMILES string of the molecule is FC(F)Oc1ccc(-c2nnc3cncc(OCCCc4ccccc4)n23)cc1. The average Bonchev–Trinajstić information content (AvgIpc) is 3.17. The molecule has 0 atom stereocenters. The number of benzene rings is 2. The van der Waals surface area contributed by atoms with Gasteiger partial charge in [-0.25, -0.2) is 4.40 Å². The molecule has 0 fully saturated rings. The summed E-state index contributed by atoms with van der Waals surface area (Å²) in [7, 11) is 0. The summed E-state index contributed by atoms with van der Waals surface area (Å²) >= 11 is 0. The lowest BCUT2D eigenvalue weighted by atomic mass is 10.1. The monoisotopic (exact) mass is 396 g/mol. The first-order valence-electron chi connectivity index (χ1n) is 9.12. The van der Waals surface area contributed by atoms with Gasteiger partial charge in [0.05, 0.1) is 19.0 Å². The van der Waals surface area contributed by atoms with E-state index in [2.05, 4.69) is 32.1 Å². The Morgan fingerprint density at radius 2 is 1.72 bits per heavy atom. The third kappa shape index (κ3) is 4.48. The number of rotatable bonds is 8. The molecule has 2 heterocycles. The van der Waals surface area contributed by atoms with Gasteiger partial charge in [-0.05, 0) is 42.7 Å². The zero-order valence-electron chi connectivity index (χ0n) is 15.4. The van der Waals surface area contributed by atoms with Crippen molar-refractivity contribution in [2.24, 2.45) is 0 Å². The van der Waals surface area contributed by atoms with E-state index in [1.165, 1.54) is 17.7 Å². The van der Waals surface area contributed by atoms with E-state index in [1.54, 1.807) is 28.9 Å². The number of aryl methyl sites for hydroxylation is 1. The Labute approximate surface area is 165 Å². The summed E-state index contributed by atoms with van der Waals surface area (Å²) < 4.78 is 36.8. The van der Waals surface area contributed by atoms with Gasteiger partial charge in [-0.3, -0.25) is 4.98 Å². The highest BCUT2D eigenvalue weighted by Crippen LogP contribution is 2.25. The molecular weight excluding hydrogens is 378 g/mol. The number of hydrogen-bond acceptors (Lipinski definition) is 5. The van der Waals surface area contributed by atoms with Crippen LogP contribution in [0.4, 0.5) is 8.78 Å². The van der Waals surface area contributed by atoms with Crippen LogP contribution < -0.4 is 9.47 Å². The highest BCUT2D eigenvalue weighted by atomic mass is 19.3. The number of nitrogens with zero attached hydrogens (tertiary/aromatic N) is 4. The normalized spacial score (nSPS) is 11.1. The van der Waals surface area contributed by atoms with Crippen molar-refractivity contribution in [3.05, 3.63) is 72.6 Å². The topological polar surface area (TPSA) is 61.5 Å². The van der Waals surface area contributed by atoms with Gasteiger partial charge in [0, 0.05) is 5.56 Å². The van der Waals surface area contributed by atoms with Crippen LogP contribution in [-0.2, 0) is 6.42 Å². The van der Waals surface area contributed by atoms with Crippen LogP contribution in [-0.4, -0.2) is 32.8 Å². The summed E-state index contributed by atoms with van der Waals surface area (Å²) in [5.74, 6) is 1.13. The maximum Gasteiger partial charge on any atom is 0.387 e. The summed E-state index contributed by atoms with van der Waals surface area (Å²) in [5, 5.41) is 8.32. The molecule has 148 valence electrons. The molecular formula is C21H18F2N4O2. The largest absolute Gasteiger partial charge is 0.477 e. The van der Waals surface area contributed by atoms with Crippen molar-refractivity contribution in [1.29, 1.82) is 0 Å². The summed E-state index contributed by atoms with van der Waals surface area (Å²) in [6.07, 6.45) is 4.95. The molecule has 0 aliphatic carbocycles. The second-order valence-corrected chi connectivity index (χ2v) is 6.30. The van der Waals surface area contributed by atoms with Crippen molar-refractivity contribution >= 4 is 5.65 Å².